The maximum Gasteiger partial charge on any atom is 0.346 e. The first-order valence-electron chi connectivity index (χ1n) is 13.4. The first-order chi connectivity index (χ1) is 19.7. The molecule has 0 aliphatic carbocycles. The summed E-state index contributed by atoms with van der Waals surface area (Å²) in [5, 5.41) is 8.32. The zero-order valence-corrected chi connectivity index (χ0v) is 21.9. The highest BCUT2D eigenvalue weighted by molar-refractivity contribution is 5.77. The van der Waals surface area contributed by atoms with Crippen LogP contribution in [0.5, 0.6) is 11.5 Å². The molecule has 0 unspecified atom stereocenters. The van der Waals surface area contributed by atoms with Gasteiger partial charge in [0.05, 0.1) is 25.5 Å². The average Bonchev–Trinajstić information content (AvgIpc) is 3.52. The van der Waals surface area contributed by atoms with Gasteiger partial charge in [0, 0.05) is 42.9 Å². The molecule has 0 atom stereocenters. The van der Waals surface area contributed by atoms with Crippen LogP contribution in [0.15, 0.2) is 72.9 Å². The molecule has 0 bridgehead atoms. The Morgan fingerprint density at radius 1 is 0.775 bits per heavy atom. The maximum atomic E-state index is 13.3. The summed E-state index contributed by atoms with van der Waals surface area (Å²) >= 11 is 0. The van der Waals surface area contributed by atoms with E-state index in [1.165, 1.54) is 4.68 Å². The van der Waals surface area contributed by atoms with Crippen LogP contribution >= 0.6 is 0 Å². The first-order valence-corrected chi connectivity index (χ1v) is 13.4. The number of carbonyl (C=O) groups excluding carboxylic acids is 1. The van der Waals surface area contributed by atoms with Crippen molar-refractivity contribution < 1.29 is 23.7 Å². The number of benzene rings is 3. The quantitative estimate of drug-likeness (QED) is 0.384. The highest BCUT2D eigenvalue weighted by Crippen LogP contribution is 2.36. The van der Waals surface area contributed by atoms with Gasteiger partial charge in [0.1, 0.15) is 17.2 Å². The summed E-state index contributed by atoms with van der Waals surface area (Å²) < 4.78 is 23.8. The van der Waals surface area contributed by atoms with Crippen LogP contribution in [-0.2, 0) is 22.7 Å². The molecule has 0 radical (unpaired) electrons. The second-order valence-electron chi connectivity index (χ2n) is 10.1. The average molecular weight is 540 g/mol. The monoisotopic (exact) mass is 539 g/mol. The number of aromatic nitrogens is 3. The summed E-state index contributed by atoms with van der Waals surface area (Å²) in [5.41, 5.74) is 5.97. The lowest BCUT2D eigenvalue weighted by atomic mass is 9.93. The van der Waals surface area contributed by atoms with Gasteiger partial charge >= 0.3 is 6.03 Å². The molecule has 204 valence electrons. The minimum absolute atomic E-state index is 0.0206. The van der Waals surface area contributed by atoms with Crippen LogP contribution in [-0.4, -0.2) is 70.6 Å². The minimum atomic E-state index is -0.169. The Bertz CT molecular complexity index is 1460. The van der Waals surface area contributed by atoms with Crippen LogP contribution in [0.25, 0.3) is 11.3 Å². The third-order valence-electron chi connectivity index (χ3n) is 7.62. The van der Waals surface area contributed by atoms with Crippen molar-refractivity contribution >= 4 is 6.03 Å². The van der Waals surface area contributed by atoms with Crippen molar-refractivity contribution in [3.8, 4) is 22.8 Å². The van der Waals surface area contributed by atoms with Gasteiger partial charge < -0.3 is 23.8 Å². The molecule has 0 N–H and O–H groups in total. The molecule has 1 fully saturated rings. The SMILES string of the molecule is O=C(N1CCN(C(c2ccc3c(c2)COCO3)c2ccc3c(c2)COCO3)CC1)n1cc(-c2ccccc2)nn1. The molecule has 4 aromatic rings. The third kappa shape index (κ3) is 4.81. The van der Waals surface area contributed by atoms with E-state index in [0.717, 1.165) is 39.3 Å². The molecule has 3 aliphatic heterocycles. The van der Waals surface area contributed by atoms with Gasteiger partial charge in [0.2, 0.25) is 0 Å². The maximum absolute atomic E-state index is 13.3. The number of hydrogen-bond donors (Lipinski definition) is 0. The number of carbonyl (C=O) groups is 1. The van der Waals surface area contributed by atoms with Crippen molar-refractivity contribution in [3.63, 3.8) is 0 Å². The van der Waals surface area contributed by atoms with Crippen LogP contribution in [0.3, 0.4) is 0 Å². The Morgan fingerprint density at radius 3 is 2.02 bits per heavy atom. The molecule has 1 amide bonds. The highest BCUT2D eigenvalue weighted by atomic mass is 16.7. The molecule has 7 rings (SSSR count). The van der Waals surface area contributed by atoms with Crippen molar-refractivity contribution in [2.24, 2.45) is 0 Å². The zero-order valence-electron chi connectivity index (χ0n) is 21.9. The molecule has 1 aromatic heterocycles. The topological polar surface area (TPSA) is 91.2 Å². The molecular weight excluding hydrogens is 510 g/mol. The normalized spacial score (nSPS) is 17.1. The fourth-order valence-electron chi connectivity index (χ4n) is 5.59. The van der Waals surface area contributed by atoms with Gasteiger partial charge in [-0.25, -0.2) is 4.79 Å². The van der Waals surface area contributed by atoms with Crippen molar-refractivity contribution in [3.05, 3.63) is 95.2 Å². The minimum Gasteiger partial charge on any atom is -0.467 e. The van der Waals surface area contributed by atoms with Crippen molar-refractivity contribution in [1.29, 1.82) is 0 Å². The zero-order chi connectivity index (χ0) is 26.9. The second kappa shape index (κ2) is 10.7. The van der Waals surface area contributed by atoms with Gasteiger partial charge in [-0.2, -0.15) is 4.68 Å². The Hall–Kier alpha value is -4.25. The van der Waals surface area contributed by atoms with Crippen LogP contribution in [0.1, 0.15) is 28.3 Å². The standard InChI is InChI=1S/C30H29N5O5/c36-30(35-16-26(31-32-35)21-4-2-1-3-5-21)34-12-10-33(11-13-34)29(22-6-8-27-24(14-22)17-37-19-39-27)23-7-9-28-25(15-23)18-38-20-40-28/h1-9,14-16,29H,10-13,17-20H2. The Balaban J connectivity index is 1.13. The summed E-state index contributed by atoms with van der Waals surface area (Å²) in [6.45, 7) is 4.13. The van der Waals surface area contributed by atoms with Gasteiger partial charge in [-0.3, -0.25) is 4.90 Å². The molecule has 1 saturated heterocycles. The molecule has 0 spiro atoms. The summed E-state index contributed by atoms with van der Waals surface area (Å²) in [6, 6.07) is 22.2. The fourth-order valence-corrected chi connectivity index (χ4v) is 5.59. The van der Waals surface area contributed by atoms with Gasteiger partial charge in [0.15, 0.2) is 13.6 Å². The van der Waals surface area contributed by atoms with Crippen LogP contribution in [0, 0.1) is 0 Å². The predicted octanol–water partition coefficient (Wildman–Crippen LogP) is 4.05. The summed E-state index contributed by atoms with van der Waals surface area (Å²) in [7, 11) is 0. The van der Waals surface area contributed by atoms with Gasteiger partial charge in [0.25, 0.3) is 0 Å². The van der Waals surface area contributed by atoms with Crippen LogP contribution in [0.4, 0.5) is 4.79 Å². The van der Waals surface area contributed by atoms with Crippen molar-refractivity contribution in [2.45, 2.75) is 19.3 Å². The van der Waals surface area contributed by atoms with E-state index < -0.39 is 0 Å². The van der Waals surface area contributed by atoms with E-state index in [-0.39, 0.29) is 25.7 Å². The van der Waals surface area contributed by atoms with E-state index in [2.05, 4.69) is 39.5 Å². The van der Waals surface area contributed by atoms with Crippen LogP contribution in [0.2, 0.25) is 0 Å². The third-order valence-corrected chi connectivity index (χ3v) is 7.62. The summed E-state index contributed by atoms with van der Waals surface area (Å²) in [4.78, 5) is 17.5. The Morgan fingerprint density at radius 2 is 1.40 bits per heavy atom. The number of ether oxygens (including phenoxy) is 4. The lowest BCUT2D eigenvalue weighted by molar-refractivity contribution is -0.0165. The first kappa shape index (κ1) is 24.8. The van der Waals surface area contributed by atoms with Crippen molar-refractivity contribution in [2.75, 3.05) is 39.8 Å². The van der Waals surface area contributed by atoms with Crippen molar-refractivity contribution in [1.82, 2.24) is 24.8 Å². The lowest BCUT2D eigenvalue weighted by Gasteiger charge is -2.40. The number of hydrogen-bond acceptors (Lipinski definition) is 8. The molecule has 3 aliphatic rings. The van der Waals surface area contributed by atoms with Gasteiger partial charge in [-0.15, -0.1) is 5.10 Å². The Kier molecular flexibility index (Phi) is 6.64. The number of amides is 1. The molecule has 4 heterocycles. The molecular formula is C30H29N5O5. The van der Waals surface area contributed by atoms with E-state index in [4.69, 9.17) is 18.9 Å². The largest absolute Gasteiger partial charge is 0.467 e. The Labute approximate surface area is 231 Å². The molecule has 3 aromatic carbocycles. The number of fused-ring (bicyclic) bond motifs is 2. The molecule has 10 heteroatoms. The van der Waals surface area contributed by atoms with E-state index >= 15 is 0 Å². The highest BCUT2D eigenvalue weighted by Gasteiger charge is 2.31. The smallest absolute Gasteiger partial charge is 0.346 e. The number of nitrogens with zero attached hydrogens (tertiary/aromatic N) is 5. The number of piperazine rings is 1. The van der Waals surface area contributed by atoms with Gasteiger partial charge in [-0.05, 0) is 35.4 Å². The molecule has 0 saturated carbocycles. The van der Waals surface area contributed by atoms with E-state index in [0.29, 0.717) is 45.1 Å². The van der Waals surface area contributed by atoms with E-state index in [9.17, 15) is 4.79 Å². The second-order valence-corrected chi connectivity index (χ2v) is 10.1. The van der Waals surface area contributed by atoms with Crippen LogP contribution < -0.4 is 9.47 Å². The predicted molar refractivity (Wildman–Crippen MR) is 145 cm³/mol. The molecule has 40 heavy (non-hydrogen) atoms. The fraction of sp³-hybridized carbons (Fsp3) is 0.300. The lowest BCUT2D eigenvalue weighted by Crippen LogP contribution is -2.51. The van der Waals surface area contributed by atoms with E-state index in [1.54, 1.807) is 6.20 Å². The molecule has 10 nitrogen and oxygen atoms in total. The van der Waals surface area contributed by atoms with E-state index in [1.807, 2.05) is 47.4 Å². The van der Waals surface area contributed by atoms with Gasteiger partial charge in [-0.1, -0.05) is 47.7 Å². The summed E-state index contributed by atoms with van der Waals surface area (Å²) in [6.07, 6.45) is 1.70. The summed E-state index contributed by atoms with van der Waals surface area (Å²) in [5.74, 6) is 1.72. The number of rotatable bonds is 4.